The normalized spacial score (nSPS) is 21.7. The lowest BCUT2D eigenvalue weighted by Crippen LogP contribution is -2.64. The summed E-state index contributed by atoms with van der Waals surface area (Å²) in [4.78, 5) is 31.4. The molecular formula is C32H40ClN5O4. The lowest BCUT2D eigenvalue weighted by Gasteiger charge is -2.48. The van der Waals surface area contributed by atoms with Gasteiger partial charge in [-0.1, -0.05) is 11.6 Å². The summed E-state index contributed by atoms with van der Waals surface area (Å²) in [5.74, 6) is 0.760. The van der Waals surface area contributed by atoms with Crippen LogP contribution in [0.1, 0.15) is 62.4 Å². The van der Waals surface area contributed by atoms with E-state index < -0.39 is 5.60 Å². The Bertz CT molecular complexity index is 1300. The van der Waals surface area contributed by atoms with Crippen LogP contribution >= 0.6 is 11.6 Å². The SMILES string of the molecule is CC(C)(C)OC(=O)N1CC(N2CCN(C(=O)c3ccc(NC4CCC(Oc5ccc(C#N)c(Cl)c5)CC4)cc3)CC2)C1. The number of hydrogen-bond acceptors (Lipinski definition) is 7. The molecule has 2 aromatic carbocycles. The van der Waals surface area contributed by atoms with Crippen molar-refractivity contribution in [3.8, 4) is 11.8 Å². The number of rotatable bonds is 6. The van der Waals surface area contributed by atoms with Crippen molar-refractivity contribution >= 4 is 29.3 Å². The third-order valence-electron chi connectivity index (χ3n) is 8.17. The van der Waals surface area contributed by atoms with Gasteiger partial charge in [-0.05, 0) is 82.9 Å². The van der Waals surface area contributed by atoms with Gasteiger partial charge in [-0.15, -0.1) is 0 Å². The molecule has 2 aliphatic heterocycles. The minimum atomic E-state index is -0.484. The summed E-state index contributed by atoms with van der Waals surface area (Å²) < 4.78 is 11.6. The Morgan fingerprint density at radius 2 is 1.62 bits per heavy atom. The van der Waals surface area contributed by atoms with Gasteiger partial charge in [0, 0.05) is 68.7 Å². The number of benzene rings is 2. The number of likely N-dealkylation sites (tertiary alicyclic amines) is 1. The van der Waals surface area contributed by atoms with Gasteiger partial charge in [0.15, 0.2) is 0 Å². The zero-order valence-electron chi connectivity index (χ0n) is 24.6. The molecule has 0 spiro atoms. The van der Waals surface area contributed by atoms with E-state index in [0.29, 0.717) is 60.2 Å². The molecule has 3 aliphatic rings. The Morgan fingerprint density at radius 1 is 0.952 bits per heavy atom. The van der Waals surface area contributed by atoms with Crippen molar-refractivity contribution < 1.29 is 19.1 Å². The maximum atomic E-state index is 13.2. The van der Waals surface area contributed by atoms with E-state index in [1.165, 1.54) is 0 Å². The molecule has 1 N–H and O–H groups in total. The number of nitriles is 1. The fourth-order valence-corrected chi connectivity index (χ4v) is 5.97. The molecule has 0 unspecified atom stereocenters. The van der Waals surface area contributed by atoms with Crippen LogP contribution in [0, 0.1) is 11.3 Å². The topological polar surface area (TPSA) is 98.1 Å². The summed E-state index contributed by atoms with van der Waals surface area (Å²) in [6.45, 7) is 9.97. The van der Waals surface area contributed by atoms with Crippen LogP contribution in [0.15, 0.2) is 42.5 Å². The number of anilines is 1. The molecule has 1 aliphatic carbocycles. The zero-order valence-corrected chi connectivity index (χ0v) is 25.4. The van der Waals surface area contributed by atoms with Gasteiger partial charge in [0.1, 0.15) is 17.4 Å². The Hall–Kier alpha value is -3.48. The van der Waals surface area contributed by atoms with Gasteiger partial charge in [0.05, 0.1) is 16.7 Å². The van der Waals surface area contributed by atoms with Gasteiger partial charge < -0.3 is 24.6 Å². The Kier molecular flexibility index (Phi) is 9.14. The highest BCUT2D eigenvalue weighted by atomic mass is 35.5. The molecule has 224 valence electrons. The highest BCUT2D eigenvalue weighted by Gasteiger charge is 2.38. The van der Waals surface area contributed by atoms with Gasteiger partial charge in [-0.25, -0.2) is 4.79 Å². The van der Waals surface area contributed by atoms with Crippen LogP contribution in [0.25, 0.3) is 0 Å². The largest absolute Gasteiger partial charge is 0.490 e. The molecule has 42 heavy (non-hydrogen) atoms. The molecule has 0 bridgehead atoms. The average Bonchev–Trinajstić information content (AvgIpc) is 2.93. The molecule has 1 saturated carbocycles. The summed E-state index contributed by atoms with van der Waals surface area (Å²) in [5, 5.41) is 13.1. The Labute approximate surface area is 253 Å². The number of carbonyl (C=O) groups excluding carboxylic acids is 2. The fraction of sp³-hybridized carbons (Fsp3) is 0.531. The van der Waals surface area contributed by atoms with Crippen molar-refractivity contribution in [2.75, 3.05) is 44.6 Å². The first-order valence-corrected chi connectivity index (χ1v) is 15.2. The number of halogens is 1. The second-order valence-corrected chi connectivity index (χ2v) is 12.8. The van der Waals surface area contributed by atoms with E-state index in [9.17, 15) is 9.59 Å². The van der Waals surface area contributed by atoms with Gasteiger partial charge in [0.25, 0.3) is 5.91 Å². The third-order valence-corrected chi connectivity index (χ3v) is 8.49. The average molecular weight is 594 g/mol. The summed E-state index contributed by atoms with van der Waals surface area (Å²) in [6.07, 6.45) is 3.69. The third kappa shape index (κ3) is 7.47. The fourth-order valence-electron chi connectivity index (χ4n) is 5.76. The van der Waals surface area contributed by atoms with Crippen molar-refractivity contribution in [1.29, 1.82) is 5.26 Å². The van der Waals surface area contributed by atoms with Gasteiger partial charge >= 0.3 is 6.09 Å². The summed E-state index contributed by atoms with van der Waals surface area (Å²) >= 11 is 6.14. The molecule has 9 nitrogen and oxygen atoms in total. The van der Waals surface area contributed by atoms with E-state index in [1.807, 2.05) is 49.9 Å². The van der Waals surface area contributed by atoms with Crippen LogP contribution in [-0.2, 0) is 4.74 Å². The first-order valence-electron chi connectivity index (χ1n) is 14.8. The number of ether oxygens (including phenoxy) is 2. The van der Waals surface area contributed by atoms with Crippen LogP contribution in [0.3, 0.4) is 0 Å². The first-order chi connectivity index (χ1) is 20.1. The predicted molar refractivity (Wildman–Crippen MR) is 162 cm³/mol. The smallest absolute Gasteiger partial charge is 0.410 e. The molecule has 2 aromatic rings. The second kappa shape index (κ2) is 12.8. The second-order valence-electron chi connectivity index (χ2n) is 12.4. The molecule has 0 aromatic heterocycles. The van der Waals surface area contributed by atoms with Crippen molar-refractivity contribution in [2.45, 2.75) is 70.2 Å². The molecule has 2 saturated heterocycles. The lowest BCUT2D eigenvalue weighted by molar-refractivity contribution is -0.0231. The van der Waals surface area contributed by atoms with Gasteiger partial charge in [0.2, 0.25) is 0 Å². The van der Waals surface area contributed by atoms with Crippen LogP contribution in [0.5, 0.6) is 5.75 Å². The number of carbonyl (C=O) groups is 2. The lowest BCUT2D eigenvalue weighted by atomic mass is 9.92. The molecule has 0 atom stereocenters. The van der Waals surface area contributed by atoms with E-state index in [4.69, 9.17) is 26.3 Å². The molecule has 5 rings (SSSR count). The number of nitrogens with one attached hydrogen (secondary N) is 1. The Balaban J connectivity index is 1.02. The predicted octanol–water partition coefficient (Wildman–Crippen LogP) is 5.39. The van der Waals surface area contributed by atoms with E-state index in [1.54, 1.807) is 23.1 Å². The van der Waals surface area contributed by atoms with Crippen LogP contribution < -0.4 is 10.1 Å². The van der Waals surface area contributed by atoms with Crippen LogP contribution in [-0.4, -0.2) is 89.8 Å². The van der Waals surface area contributed by atoms with E-state index in [2.05, 4.69) is 16.3 Å². The van der Waals surface area contributed by atoms with Crippen molar-refractivity contribution in [3.63, 3.8) is 0 Å². The van der Waals surface area contributed by atoms with Crippen LogP contribution in [0.4, 0.5) is 10.5 Å². The van der Waals surface area contributed by atoms with Crippen LogP contribution in [0.2, 0.25) is 5.02 Å². The summed E-state index contributed by atoms with van der Waals surface area (Å²) in [6, 6.07) is 15.7. The molecule has 2 amide bonds. The van der Waals surface area contributed by atoms with E-state index >= 15 is 0 Å². The monoisotopic (exact) mass is 593 g/mol. The van der Waals surface area contributed by atoms with Gasteiger partial charge in [-0.3, -0.25) is 9.69 Å². The molecule has 0 radical (unpaired) electrons. The molecule has 10 heteroatoms. The summed E-state index contributed by atoms with van der Waals surface area (Å²) in [5.41, 5.74) is 1.68. The molecule has 3 fully saturated rings. The number of hydrogen-bond donors (Lipinski definition) is 1. The standard InChI is InChI=1S/C32H40ClN5O4/c1-32(2,3)42-31(40)38-20-26(21-38)36-14-16-37(17-15-36)30(39)22-4-7-24(8-5-22)35-25-9-12-27(13-10-25)41-28-11-6-23(19-34)29(33)18-28/h4-8,11,18,25-27,35H,9-10,12-17,20-21H2,1-3H3. The highest BCUT2D eigenvalue weighted by Crippen LogP contribution is 2.29. The molecular weight excluding hydrogens is 554 g/mol. The minimum Gasteiger partial charge on any atom is -0.490 e. The highest BCUT2D eigenvalue weighted by molar-refractivity contribution is 6.31. The zero-order chi connectivity index (χ0) is 29.9. The van der Waals surface area contributed by atoms with E-state index in [-0.39, 0.29) is 18.1 Å². The quantitative estimate of drug-likeness (QED) is 0.479. The molecule has 2 heterocycles. The maximum absolute atomic E-state index is 13.2. The number of nitrogens with zero attached hydrogens (tertiary/aromatic N) is 4. The van der Waals surface area contributed by atoms with E-state index in [0.717, 1.165) is 44.5 Å². The van der Waals surface area contributed by atoms with Crippen molar-refractivity contribution in [1.82, 2.24) is 14.7 Å². The number of amides is 2. The first kappa shape index (κ1) is 30.0. The summed E-state index contributed by atoms with van der Waals surface area (Å²) in [7, 11) is 0. The minimum absolute atomic E-state index is 0.0609. The van der Waals surface area contributed by atoms with Crippen molar-refractivity contribution in [2.24, 2.45) is 0 Å². The van der Waals surface area contributed by atoms with Crippen molar-refractivity contribution in [3.05, 3.63) is 58.6 Å². The maximum Gasteiger partial charge on any atom is 0.410 e. The Morgan fingerprint density at radius 3 is 2.21 bits per heavy atom. The number of piperazine rings is 1. The van der Waals surface area contributed by atoms with Gasteiger partial charge in [-0.2, -0.15) is 5.26 Å².